The average molecular weight is 418 g/mol. The van der Waals surface area contributed by atoms with Crippen molar-refractivity contribution in [2.75, 3.05) is 0 Å². The summed E-state index contributed by atoms with van der Waals surface area (Å²) in [7, 11) is -0.803. The first-order valence-electron chi connectivity index (χ1n) is 10.8. The maximum atomic E-state index is 14.6. The van der Waals surface area contributed by atoms with Crippen molar-refractivity contribution in [2.24, 2.45) is 0 Å². The van der Waals surface area contributed by atoms with Crippen LogP contribution in [0.3, 0.4) is 0 Å². The van der Waals surface area contributed by atoms with Crippen molar-refractivity contribution in [3.63, 3.8) is 0 Å². The van der Waals surface area contributed by atoms with E-state index in [0.29, 0.717) is 5.46 Å². The Morgan fingerprint density at radius 1 is 1.23 bits per heavy atom. The molecule has 0 aliphatic carbocycles. The molecule has 2 bridgehead atoms. The lowest BCUT2D eigenvalue weighted by molar-refractivity contribution is 0.00578. The topological polar surface area (TPSA) is 60.9 Å². The van der Waals surface area contributed by atoms with Crippen LogP contribution in [-0.2, 0) is 14.0 Å². The number of carbonyl (C=O) groups is 1. The predicted molar refractivity (Wildman–Crippen MR) is 112 cm³/mol. The van der Waals surface area contributed by atoms with Crippen molar-refractivity contribution >= 4 is 18.7 Å². The van der Waals surface area contributed by atoms with Gasteiger partial charge in [-0.05, 0) is 73.3 Å². The van der Waals surface area contributed by atoms with Gasteiger partial charge in [0, 0.05) is 29.7 Å². The minimum Gasteiger partial charge on any atom is -0.444 e. The summed E-state index contributed by atoms with van der Waals surface area (Å²) in [5, 5.41) is 0. The van der Waals surface area contributed by atoms with Gasteiger partial charge < -0.3 is 18.9 Å². The second-order valence-corrected chi connectivity index (χ2v) is 10.8. The van der Waals surface area contributed by atoms with E-state index in [0.717, 1.165) is 24.8 Å². The summed E-state index contributed by atoms with van der Waals surface area (Å²) in [6.07, 6.45) is 4.04. The number of carbonyl (C=O) groups excluding carboxylic acids is 1. The van der Waals surface area contributed by atoms with Crippen LogP contribution in [0, 0.1) is 5.95 Å². The highest BCUT2D eigenvalue weighted by Gasteiger charge is 2.54. The fraction of sp³-hybridized carbons (Fsp3) is 0.727. The van der Waals surface area contributed by atoms with E-state index in [2.05, 4.69) is 4.98 Å². The number of fused-ring (bicyclic) bond motifs is 2. The van der Waals surface area contributed by atoms with Gasteiger partial charge in [0.05, 0.1) is 11.2 Å². The molecule has 0 N–H and O–H groups in total. The fourth-order valence-corrected chi connectivity index (χ4v) is 4.77. The van der Waals surface area contributed by atoms with E-state index in [1.807, 2.05) is 59.4 Å². The summed E-state index contributed by atoms with van der Waals surface area (Å²) < 4.78 is 32.3. The summed E-state index contributed by atoms with van der Waals surface area (Å²) in [5.41, 5.74) is -0.407. The third kappa shape index (κ3) is 3.62. The van der Waals surface area contributed by atoms with E-state index in [1.165, 1.54) is 0 Å². The van der Waals surface area contributed by atoms with Crippen molar-refractivity contribution in [1.29, 1.82) is 0 Å². The van der Waals surface area contributed by atoms with Gasteiger partial charge in [0.15, 0.2) is 0 Å². The van der Waals surface area contributed by atoms with E-state index in [1.54, 1.807) is 6.20 Å². The van der Waals surface area contributed by atoms with Gasteiger partial charge in [0.25, 0.3) is 0 Å². The van der Waals surface area contributed by atoms with Gasteiger partial charge in [-0.2, -0.15) is 4.39 Å². The standard InChI is InChI=1S/C22H32BFN2O4/c1-20(2,3)28-19(27)26-14-8-9-17(26)15(11-14)13-10-16(18(24)25-12-13)23-29-21(4,5)22(6,7)30-23/h10,12,14-15,17H,8-9,11H2,1-7H3. The summed E-state index contributed by atoms with van der Waals surface area (Å²) in [4.78, 5) is 18.7. The van der Waals surface area contributed by atoms with Crippen LogP contribution in [0.15, 0.2) is 12.3 Å². The molecule has 4 rings (SSSR count). The van der Waals surface area contributed by atoms with Gasteiger partial charge in [-0.3, -0.25) is 0 Å². The molecule has 3 atom stereocenters. The number of hydrogen-bond donors (Lipinski definition) is 0. The second kappa shape index (κ2) is 6.92. The number of aromatic nitrogens is 1. The van der Waals surface area contributed by atoms with Crippen molar-refractivity contribution in [2.45, 2.75) is 103 Å². The summed E-state index contributed by atoms with van der Waals surface area (Å²) in [6, 6.07) is 2.01. The van der Waals surface area contributed by atoms with Crippen LogP contribution in [0.4, 0.5) is 9.18 Å². The van der Waals surface area contributed by atoms with Crippen LogP contribution < -0.4 is 5.46 Å². The van der Waals surface area contributed by atoms with Crippen LogP contribution in [-0.4, -0.2) is 52.0 Å². The molecule has 0 aromatic carbocycles. The highest BCUT2D eigenvalue weighted by Crippen LogP contribution is 2.47. The highest BCUT2D eigenvalue weighted by atomic mass is 19.1. The van der Waals surface area contributed by atoms with Gasteiger partial charge >= 0.3 is 13.2 Å². The molecular formula is C22H32BFN2O4. The Balaban J connectivity index is 1.58. The van der Waals surface area contributed by atoms with Gasteiger partial charge in [-0.25, -0.2) is 9.78 Å². The van der Waals surface area contributed by atoms with Crippen LogP contribution >= 0.6 is 0 Å². The number of rotatable bonds is 2. The number of nitrogens with zero attached hydrogens (tertiary/aromatic N) is 2. The number of amides is 1. The number of pyridine rings is 1. The molecule has 164 valence electrons. The zero-order valence-corrected chi connectivity index (χ0v) is 19.0. The zero-order valence-electron chi connectivity index (χ0n) is 19.0. The number of hydrogen-bond acceptors (Lipinski definition) is 5. The van der Waals surface area contributed by atoms with E-state index >= 15 is 0 Å². The molecule has 1 aromatic rings. The monoisotopic (exact) mass is 418 g/mol. The zero-order chi connectivity index (χ0) is 22.1. The number of halogens is 1. The van der Waals surface area contributed by atoms with Crippen LogP contribution in [0.5, 0.6) is 0 Å². The Hall–Kier alpha value is -1.67. The van der Waals surface area contributed by atoms with Crippen LogP contribution in [0.25, 0.3) is 0 Å². The molecule has 3 aliphatic heterocycles. The molecule has 3 unspecified atom stereocenters. The van der Waals surface area contributed by atoms with E-state index in [-0.39, 0.29) is 24.1 Å². The van der Waals surface area contributed by atoms with Gasteiger partial charge in [-0.15, -0.1) is 0 Å². The highest BCUT2D eigenvalue weighted by molar-refractivity contribution is 6.62. The Morgan fingerprint density at radius 3 is 2.47 bits per heavy atom. The van der Waals surface area contributed by atoms with Crippen molar-refractivity contribution in [3.8, 4) is 0 Å². The van der Waals surface area contributed by atoms with E-state index in [4.69, 9.17) is 14.0 Å². The molecule has 0 spiro atoms. The van der Waals surface area contributed by atoms with Crippen LogP contribution in [0.2, 0.25) is 0 Å². The first-order valence-corrected chi connectivity index (χ1v) is 10.8. The van der Waals surface area contributed by atoms with Gasteiger partial charge in [-0.1, -0.05) is 6.07 Å². The molecule has 3 saturated heterocycles. The lowest BCUT2D eigenvalue weighted by atomic mass is 9.76. The van der Waals surface area contributed by atoms with E-state index < -0.39 is 29.9 Å². The Labute approximate surface area is 178 Å². The molecule has 0 saturated carbocycles. The van der Waals surface area contributed by atoms with Crippen molar-refractivity contribution in [1.82, 2.24) is 9.88 Å². The molecule has 1 amide bonds. The van der Waals surface area contributed by atoms with Crippen molar-refractivity contribution in [3.05, 3.63) is 23.8 Å². The predicted octanol–water partition coefficient (Wildman–Crippen LogP) is 3.78. The van der Waals surface area contributed by atoms with Gasteiger partial charge in [0.1, 0.15) is 5.60 Å². The molecular weight excluding hydrogens is 386 g/mol. The fourth-order valence-electron chi connectivity index (χ4n) is 4.77. The molecule has 6 nitrogen and oxygen atoms in total. The normalized spacial score (nSPS) is 29.5. The third-order valence-corrected chi connectivity index (χ3v) is 6.96. The van der Waals surface area contributed by atoms with E-state index in [9.17, 15) is 9.18 Å². The molecule has 8 heteroatoms. The smallest absolute Gasteiger partial charge is 0.444 e. The minimum atomic E-state index is -0.803. The summed E-state index contributed by atoms with van der Waals surface area (Å²) in [6.45, 7) is 13.4. The SMILES string of the molecule is CC(C)(C)OC(=O)N1C2CCC1C(c1cnc(F)c(B3OC(C)(C)C(C)(C)O3)c1)C2. The number of ether oxygens (including phenoxy) is 1. The first-order chi connectivity index (χ1) is 13.8. The first kappa shape index (κ1) is 21.6. The maximum Gasteiger partial charge on any atom is 0.499 e. The molecule has 30 heavy (non-hydrogen) atoms. The molecule has 4 heterocycles. The maximum absolute atomic E-state index is 14.6. The Morgan fingerprint density at radius 2 is 1.87 bits per heavy atom. The quantitative estimate of drug-likeness (QED) is 0.541. The lowest BCUT2D eigenvalue weighted by Crippen LogP contribution is -2.41. The second-order valence-electron chi connectivity index (χ2n) is 10.8. The largest absolute Gasteiger partial charge is 0.499 e. The van der Waals surface area contributed by atoms with Crippen LogP contribution in [0.1, 0.15) is 79.2 Å². The summed E-state index contributed by atoms with van der Waals surface area (Å²) >= 11 is 0. The van der Waals surface area contributed by atoms with Gasteiger partial charge in [0.2, 0.25) is 5.95 Å². The molecule has 0 radical (unpaired) electrons. The Kier molecular flexibility index (Phi) is 4.97. The third-order valence-electron chi connectivity index (χ3n) is 6.96. The molecule has 3 fully saturated rings. The average Bonchev–Trinajstić information content (AvgIpc) is 3.23. The molecule has 1 aromatic heterocycles. The minimum absolute atomic E-state index is 0.0447. The lowest BCUT2D eigenvalue weighted by Gasteiger charge is -2.32. The van der Waals surface area contributed by atoms with Crippen molar-refractivity contribution < 1.29 is 23.2 Å². The molecule has 3 aliphatic rings. The summed E-state index contributed by atoms with van der Waals surface area (Å²) in [5.74, 6) is -0.477. The Bertz CT molecular complexity index is 838.